The predicted molar refractivity (Wildman–Crippen MR) is 60.0 cm³/mol. The lowest BCUT2D eigenvalue weighted by molar-refractivity contribution is -0.0127. The summed E-state index contributed by atoms with van der Waals surface area (Å²) in [4.78, 5) is 0. The number of hydrogen-bond acceptors (Lipinski definition) is 2. The van der Waals surface area contributed by atoms with Gasteiger partial charge in [-0.25, -0.2) is 0 Å². The highest BCUT2D eigenvalue weighted by molar-refractivity contribution is 4.73. The lowest BCUT2D eigenvalue weighted by Crippen LogP contribution is -2.18. The monoisotopic (exact) mass is 200 g/mol. The maximum absolute atomic E-state index is 5.39. The van der Waals surface area contributed by atoms with Crippen molar-refractivity contribution in [1.82, 2.24) is 0 Å². The molecule has 2 nitrogen and oxygen atoms in total. The summed E-state index contributed by atoms with van der Waals surface area (Å²) in [5, 5.41) is 0. The largest absolute Gasteiger partial charge is 0.465 e. The van der Waals surface area contributed by atoms with Crippen molar-refractivity contribution in [3.8, 4) is 0 Å². The van der Waals surface area contributed by atoms with E-state index in [0.717, 1.165) is 0 Å². The van der Waals surface area contributed by atoms with E-state index in [9.17, 15) is 0 Å². The molecule has 0 heterocycles. The smallest absolute Gasteiger partial charge is 0.271 e. The quantitative estimate of drug-likeness (QED) is 0.646. The minimum Gasteiger partial charge on any atom is -0.465 e. The van der Waals surface area contributed by atoms with Crippen LogP contribution in [-0.4, -0.2) is 13.2 Å². The van der Waals surface area contributed by atoms with Gasteiger partial charge in [-0.3, -0.25) is 0 Å². The molecular weight excluding hydrogens is 176 g/mol. The SMILES string of the molecule is C=C(OCC(C)(C)C)OCC(C)(C)C. The molecule has 0 aliphatic carbocycles. The van der Waals surface area contributed by atoms with Gasteiger partial charge in [0.05, 0.1) is 13.2 Å². The number of rotatable bonds is 4. The van der Waals surface area contributed by atoms with Crippen LogP contribution in [0.4, 0.5) is 0 Å². The molecule has 0 atom stereocenters. The number of hydrogen-bond donors (Lipinski definition) is 0. The molecule has 0 aliphatic rings. The van der Waals surface area contributed by atoms with E-state index in [1.165, 1.54) is 0 Å². The summed E-state index contributed by atoms with van der Waals surface area (Å²) in [7, 11) is 0. The molecule has 0 aromatic rings. The van der Waals surface area contributed by atoms with E-state index in [4.69, 9.17) is 9.47 Å². The van der Waals surface area contributed by atoms with Crippen molar-refractivity contribution in [2.45, 2.75) is 41.5 Å². The van der Waals surface area contributed by atoms with Crippen LogP contribution in [-0.2, 0) is 9.47 Å². The summed E-state index contributed by atoms with van der Waals surface area (Å²) in [5.41, 5.74) is 0.294. The van der Waals surface area contributed by atoms with Gasteiger partial charge in [0.15, 0.2) is 0 Å². The Bertz CT molecular complexity index is 161. The highest BCUT2D eigenvalue weighted by Gasteiger charge is 2.14. The minimum atomic E-state index is 0.147. The fourth-order valence-electron chi connectivity index (χ4n) is 0.636. The Kier molecular flexibility index (Phi) is 4.50. The molecule has 0 bridgehead atoms. The van der Waals surface area contributed by atoms with Crippen LogP contribution in [0.2, 0.25) is 0 Å². The van der Waals surface area contributed by atoms with Crippen LogP contribution >= 0.6 is 0 Å². The van der Waals surface area contributed by atoms with Gasteiger partial charge in [0, 0.05) is 0 Å². The van der Waals surface area contributed by atoms with E-state index < -0.39 is 0 Å². The fraction of sp³-hybridized carbons (Fsp3) is 0.833. The van der Waals surface area contributed by atoms with Gasteiger partial charge in [0.1, 0.15) is 0 Å². The zero-order valence-electron chi connectivity index (χ0n) is 10.4. The Morgan fingerprint density at radius 2 is 1.14 bits per heavy atom. The van der Waals surface area contributed by atoms with Gasteiger partial charge in [-0.2, -0.15) is 0 Å². The molecule has 0 unspecified atom stereocenters. The fourth-order valence-corrected chi connectivity index (χ4v) is 0.636. The molecule has 0 fully saturated rings. The summed E-state index contributed by atoms with van der Waals surface area (Å²) in [5.74, 6) is 0.426. The Morgan fingerprint density at radius 1 is 0.857 bits per heavy atom. The Hall–Kier alpha value is -0.660. The third-order valence-corrected chi connectivity index (χ3v) is 1.33. The zero-order valence-corrected chi connectivity index (χ0v) is 10.4. The molecule has 0 saturated heterocycles. The number of ether oxygens (including phenoxy) is 2. The highest BCUT2D eigenvalue weighted by Crippen LogP contribution is 2.18. The molecule has 0 saturated carbocycles. The zero-order chi connectivity index (χ0) is 11.4. The Balaban J connectivity index is 3.68. The summed E-state index contributed by atoms with van der Waals surface area (Å²) in [6.45, 7) is 17.7. The second kappa shape index (κ2) is 4.72. The Labute approximate surface area is 88.3 Å². The first-order chi connectivity index (χ1) is 6.10. The summed E-state index contributed by atoms with van der Waals surface area (Å²) in [6.07, 6.45) is 0. The van der Waals surface area contributed by atoms with E-state index in [1.54, 1.807) is 0 Å². The van der Waals surface area contributed by atoms with Crippen molar-refractivity contribution in [1.29, 1.82) is 0 Å². The van der Waals surface area contributed by atoms with Crippen molar-refractivity contribution in [2.75, 3.05) is 13.2 Å². The first-order valence-corrected chi connectivity index (χ1v) is 5.05. The molecular formula is C12H24O2. The van der Waals surface area contributed by atoms with E-state index in [0.29, 0.717) is 19.2 Å². The molecule has 14 heavy (non-hydrogen) atoms. The van der Waals surface area contributed by atoms with Crippen molar-refractivity contribution in [3.05, 3.63) is 12.5 Å². The standard InChI is InChI=1S/C12H24O2/c1-10(13-8-11(2,3)4)14-9-12(5,6)7/h1,8-9H2,2-7H3. The third-order valence-electron chi connectivity index (χ3n) is 1.33. The van der Waals surface area contributed by atoms with Crippen molar-refractivity contribution >= 4 is 0 Å². The van der Waals surface area contributed by atoms with E-state index in [1.807, 2.05) is 0 Å². The Morgan fingerprint density at radius 3 is 1.36 bits per heavy atom. The summed E-state index contributed by atoms with van der Waals surface area (Å²) in [6, 6.07) is 0. The van der Waals surface area contributed by atoms with Crippen LogP contribution in [0.1, 0.15) is 41.5 Å². The van der Waals surface area contributed by atoms with Crippen LogP contribution in [0.5, 0.6) is 0 Å². The average molecular weight is 200 g/mol. The molecule has 0 N–H and O–H groups in total. The average Bonchev–Trinajstić information content (AvgIpc) is 1.94. The van der Waals surface area contributed by atoms with Gasteiger partial charge >= 0.3 is 0 Å². The van der Waals surface area contributed by atoms with E-state index >= 15 is 0 Å². The van der Waals surface area contributed by atoms with Gasteiger partial charge in [0.25, 0.3) is 5.95 Å². The predicted octanol–water partition coefficient (Wildman–Crippen LogP) is 3.58. The van der Waals surface area contributed by atoms with Crippen molar-refractivity contribution < 1.29 is 9.47 Å². The van der Waals surface area contributed by atoms with Crippen molar-refractivity contribution in [2.24, 2.45) is 10.8 Å². The van der Waals surface area contributed by atoms with Gasteiger partial charge in [0.2, 0.25) is 0 Å². The van der Waals surface area contributed by atoms with Gasteiger partial charge in [-0.15, -0.1) is 0 Å². The molecule has 0 amide bonds. The molecule has 0 rings (SSSR count). The van der Waals surface area contributed by atoms with Crippen LogP contribution < -0.4 is 0 Å². The molecule has 0 spiro atoms. The van der Waals surface area contributed by atoms with Gasteiger partial charge < -0.3 is 9.47 Å². The van der Waals surface area contributed by atoms with Crippen LogP contribution in [0.25, 0.3) is 0 Å². The lowest BCUT2D eigenvalue weighted by atomic mass is 9.99. The highest BCUT2D eigenvalue weighted by atomic mass is 16.7. The van der Waals surface area contributed by atoms with E-state index in [-0.39, 0.29) is 10.8 Å². The second-order valence-corrected chi connectivity index (χ2v) is 6.07. The van der Waals surface area contributed by atoms with Crippen LogP contribution in [0, 0.1) is 10.8 Å². The maximum atomic E-state index is 5.39. The third kappa shape index (κ3) is 9.43. The molecule has 0 aromatic heterocycles. The molecule has 0 aromatic carbocycles. The first kappa shape index (κ1) is 13.3. The molecule has 0 radical (unpaired) electrons. The van der Waals surface area contributed by atoms with Crippen molar-refractivity contribution in [3.63, 3.8) is 0 Å². The molecule has 2 heteroatoms. The first-order valence-electron chi connectivity index (χ1n) is 5.05. The minimum absolute atomic E-state index is 0.147. The second-order valence-electron chi connectivity index (χ2n) is 6.07. The normalized spacial score (nSPS) is 12.4. The van der Waals surface area contributed by atoms with E-state index in [2.05, 4.69) is 48.1 Å². The van der Waals surface area contributed by atoms with Crippen LogP contribution in [0.15, 0.2) is 12.5 Å². The summed E-state index contributed by atoms with van der Waals surface area (Å²) >= 11 is 0. The molecule has 84 valence electrons. The maximum Gasteiger partial charge on any atom is 0.271 e. The van der Waals surface area contributed by atoms with Gasteiger partial charge in [-0.1, -0.05) is 41.5 Å². The summed E-state index contributed by atoms with van der Waals surface area (Å²) < 4.78 is 10.8. The van der Waals surface area contributed by atoms with Crippen LogP contribution in [0.3, 0.4) is 0 Å². The topological polar surface area (TPSA) is 18.5 Å². The molecule has 0 aliphatic heterocycles. The van der Waals surface area contributed by atoms with Gasteiger partial charge in [-0.05, 0) is 17.4 Å². The lowest BCUT2D eigenvalue weighted by Gasteiger charge is -2.23.